The van der Waals surface area contributed by atoms with E-state index in [1.807, 2.05) is 13.8 Å². The number of aromatic nitrogens is 1. The van der Waals surface area contributed by atoms with Crippen LogP contribution < -0.4 is 16.0 Å². The number of nitrogens with zero attached hydrogens (tertiary/aromatic N) is 1. The summed E-state index contributed by atoms with van der Waals surface area (Å²) in [5, 5.41) is 8.24. The second kappa shape index (κ2) is 6.69. The van der Waals surface area contributed by atoms with Gasteiger partial charge in [0.15, 0.2) is 0 Å². The Morgan fingerprint density at radius 3 is 2.57 bits per heavy atom. The van der Waals surface area contributed by atoms with Crippen LogP contribution in [-0.2, 0) is 0 Å². The molecule has 0 bridgehead atoms. The molecule has 2 aromatic rings. The summed E-state index contributed by atoms with van der Waals surface area (Å²) in [7, 11) is 0. The number of hydrogen-bond donors (Lipinski definition) is 3. The number of anilines is 3. The van der Waals surface area contributed by atoms with Crippen LogP contribution in [0.3, 0.4) is 0 Å². The Morgan fingerprint density at radius 1 is 1.19 bits per heavy atom. The highest BCUT2D eigenvalue weighted by molar-refractivity contribution is 5.89. The van der Waals surface area contributed by atoms with E-state index in [1.54, 1.807) is 30.3 Å². The fourth-order valence-electron chi connectivity index (χ4n) is 1.67. The predicted molar refractivity (Wildman–Crippen MR) is 81.2 cm³/mol. The van der Waals surface area contributed by atoms with Crippen LogP contribution >= 0.6 is 0 Å². The topological polar surface area (TPSA) is 66.1 Å². The zero-order valence-corrected chi connectivity index (χ0v) is 11.9. The van der Waals surface area contributed by atoms with E-state index in [2.05, 4.69) is 20.9 Å². The lowest BCUT2D eigenvalue weighted by Crippen LogP contribution is -2.34. The number of nitrogens with one attached hydrogen (secondary N) is 3. The fourth-order valence-corrected chi connectivity index (χ4v) is 1.67. The molecule has 0 saturated heterocycles. The molecule has 1 heterocycles. The molecule has 3 N–H and O–H groups in total. The minimum atomic E-state index is -0.349. The summed E-state index contributed by atoms with van der Waals surface area (Å²) in [4.78, 5) is 15.7. The third kappa shape index (κ3) is 4.45. The Bertz CT molecular complexity index is 613. The predicted octanol–water partition coefficient (Wildman–Crippen LogP) is 3.49. The number of rotatable bonds is 4. The molecule has 2 amide bonds. The van der Waals surface area contributed by atoms with Crippen LogP contribution in [0.1, 0.15) is 13.8 Å². The standard InChI is InChI=1S/C15H17FN4O/c1-10(2)18-15(21)19-11-7-8-14(17-9-11)20-13-6-4-3-5-12(13)16/h3-10H,1-2H3,(H,17,20)(H2,18,19,21). The van der Waals surface area contributed by atoms with Gasteiger partial charge in [-0.2, -0.15) is 0 Å². The van der Waals surface area contributed by atoms with Gasteiger partial charge >= 0.3 is 6.03 Å². The quantitative estimate of drug-likeness (QED) is 0.806. The second-order valence-electron chi connectivity index (χ2n) is 4.79. The highest BCUT2D eigenvalue weighted by Crippen LogP contribution is 2.18. The Balaban J connectivity index is 1.99. The second-order valence-corrected chi connectivity index (χ2v) is 4.79. The molecule has 5 nitrogen and oxygen atoms in total. The van der Waals surface area contributed by atoms with Gasteiger partial charge in [-0.1, -0.05) is 12.1 Å². The van der Waals surface area contributed by atoms with E-state index in [0.717, 1.165) is 0 Å². The summed E-state index contributed by atoms with van der Waals surface area (Å²) in [6.45, 7) is 3.75. The normalized spacial score (nSPS) is 10.3. The van der Waals surface area contributed by atoms with Gasteiger partial charge in [-0.3, -0.25) is 0 Å². The Morgan fingerprint density at radius 2 is 1.95 bits per heavy atom. The maximum absolute atomic E-state index is 13.5. The van der Waals surface area contributed by atoms with Crippen molar-refractivity contribution in [2.24, 2.45) is 0 Å². The highest BCUT2D eigenvalue weighted by atomic mass is 19.1. The molecule has 0 aliphatic rings. The first-order valence-corrected chi connectivity index (χ1v) is 6.59. The molecule has 1 aromatic carbocycles. The number of pyridine rings is 1. The molecular weight excluding hydrogens is 271 g/mol. The summed E-state index contributed by atoms with van der Waals surface area (Å²) in [6.07, 6.45) is 1.50. The van der Waals surface area contributed by atoms with Crippen LogP contribution in [-0.4, -0.2) is 17.1 Å². The van der Waals surface area contributed by atoms with E-state index in [1.165, 1.54) is 12.3 Å². The minimum absolute atomic E-state index is 0.0555. The van der Waals surface area contributed by atoms with Gasteiger partial charge in [0.2, 0.25) is 0 Å². The van der Waals surface area contributed by atoms with E-state index >= 15 is 0 Å². The zero-order chi connectivity index (χ0) is 15.2. The van der Waals surface area contributed by atoms with Crippen molar-refractivity contribution in [3.63, 3.8) is 0 Å². The van der Waals surface area contributed by atoms with Crippen molar-refractivity contribution in [1.82, 2.24) is 10.3 Å². The summed E-state index contributed by atoms with van der Waals surface area (Å²) < 4.78 is 13.5. The molecule has 0 fully saturated rings. The fraction of sp³-hybridized carbons (Fsp3) is 0.200. The molecule has 0 atom stereocenters. The van der Waals surface area contributed by atoms with Crippen molar-refractivity contribution in [3.05, 3.63) is 48.4 Å². The Labute approximate surface area is 122 Å². The van der Waals surface area contributed by atoms with Crippen molar-refractivity contribution >= 4 is 23.2 Å². The third-order valence-electron chi connectivity index (χ3n) is 2.58. The first-order valence-electron chi connectivity index (χ1n) is 6.59. The number of carbonyl (C=O) groups excluding carboxylic acids is 1. The monoisotopic (exact) mass is 288 g/mol. The van der Waals surface area contributed by atoms with Crippen molar-refractivity contribution in [3.8, 4) is 0 Å². The Hall–Kier alpha value is -2.63. The van der Waals surface area contributed by atoms with E-state index in [9.17, 15) is 9.18 Å². The van der Waals surface area contributed by atoms with E-state index in [-0.39, 0.29) is 17.9 Å². The molecular formula is C15H17FN4O. The van der Waals surface area contributed by atoms with Gasteiger partial charge in [0.1, 0.15) is 11.6 Å². The number of urea groups is 1. The lowest BCUT2D eigenvalue weighted by molar-refractivity contribution is 0.250. The minimum Gasteiger partial charge on any atom is -0.338 e. The van der Waals surface area contributed by atoms with Crippen molar-refractivity contribution in [2.45, 2.75) is 19.9 Å². The number of hydrogen-bond acceptors (Lipinski definition) is 3. The van der Waals surface area contributed by atoms with Gasteiger partial charge in [-0.15, -0.1) is 0 Å². The van der Waals surface area contributed by atoms with Crippen LogP contribution in [0.4, 0.5) is 26.4 Å². The van der Waals surface area contributed by atoms with Gasteiger partial charge in [-0.05, 0) is 38.1 Å². The first-order chi connectivity index (χ1) is 10.0. The largest absolute Gasteiger partial charge is 0.338 e. The third-order valence-corrected chi connectivity index (χ3v) is 2.58. The average molecular weight is 288 g/mol. The van der Waals surface area contributed by atoms with Crippen molar-refractivity contribution in [2.75, 3.05) is 10.6 Å². The van der Waals surface area contributed by atoms with E-state index in [4.69, 9.17) is 0 Å². The molecule has 0 spiro atoms. The van der Waals surface area contributed by atoms with E-state index < -0.39 is 0 Å². The number of amides is 2. The molecule has 0 aliphatic carbocycles. The molecule has 0 aliphatic heterocycles. The number of carbonyl (C=O) groups is 1. The summed E-state index contributed by atoms with van der Waals surface area (Å²) in [6, 6.07) is 9.47. The molecule has 0 radical (unpaired) electrons. The maximum atomic E-state index is 13.5. The molecule has 21 heavy (non-hydrogen) atoms. The molecule has 1 aromatic heterocycles. The molecule has 110 valence electrons. The summed E-state index contributed by atoms with van der Waals surface area (Å²) in [5.74, 6) is 0.146. The van der Waals surface area contributed by atoms with E-state index in [0.29, 0.717) is 17.2 Å². The van der Waals surface area contributed by atoms with Crippen LogP contribution in [0.15, 0.2) is 42.6 Å². The average Bonchev–Trinajstić information content (AvgIpc) is 2.42. The van der Waals surface area contributed by atoms with Crippen LogP contribution in [0.5, 0.6) is 0 Å². The highest BCUT2D eigenvalue weighted by Gasteiger charge is 2.05. The van der Waals surface area contributed by atoms with Crippen LogP contribution in [0.25, 0.3) is 0 Å². The van der Waals surface area contributed by atoms with Crippen molar-refractivity contribution < 1.29 is 9.18 Å². The molecule has 0 unspecified atom stereocenters. The number of benzene rings is 1. The number of halogens is 1. The zero-order valence-electron chi connectivity index (χ0n) is 11.9. The molecule has 0 saturated carbocycles. The van der Waals surface area contributed by atoms with Crippen LogP contribution in [0.2, 0.25) is 0 Å². The van der Waals surface area contributed by atoms with Gasteiger partial charge in [0.25, 0.3) is 0 Å². The molecule has 6 heteroatoms. The molecule has 2 rings (SSSR count). The summed E-state index contributed by atoms with van der Waals surface area (Å²) in [5.41, 5.74) is 0.912. The number of para-hydroxylation sites is 1. The lowest BCUT2D eigenvalue weighted by atomic mass is 10.3. The van der Waals surface area contributed by atoms with Gasteiger partial charge in [-0.25, -0.2) is 14.2 Å². The Kier molecular flexibility index (Phi) is 4.71. The van der Waals surface area contributed by atoms with Gasteiger partial charge < -0.3 is 16.0 Å². The summed E-state index contributed by atoms with van der Waals surface area (Å²) >= 11 is 0. The van der Waals surface area contributed by atoms with Crippen molar-refractivity contribution in [1.29, 1.82) is 0 Å². The van der Waals surface area contributed by atoms with Gasteiger partial charge in [0, 0.05) is 6.04 Å². The SMILES string of the molecule is CC(C)NC(=O)Nc1ccc(Nc2ccccc2F)nc1. The lowest BCUT2D eigenvalue weighted by Gasteiger charge is -2.11. The maximum Gasteiger partial charge on any atom is 0.319 e. The smallest absolute Gasteiger partial charge is 0.319 e. The van der Waals surface area contributed by atoms with Crippen LogP contribution in [0, 0.1) is 5.82 Å². The first kappa shape index (κ1) is 14.8. The van der Waals surface area contributed by atoms with Gasteiger partial charge in [0.05, 0.1) is 17.6 Å².